The third-order valence-corrected chi connectivity index (χ3v) is 4.17. The van der Waals surface area contributed by atoms with Gasteiger partial charge in [0, 0.05) is 41.0 Å². The zero-order valence-electron chi connectivity index (χ0n) is 9.60. The number of carbonyl (C=O) groups excluding carboxylic acids is 1. The maximum absolute atomic E-state index is 11.1. The SMILES string of the molecule is NC(=O)[C@H]1CN(Cc2c(Br)cncc2Br)CCO1. The first-order chi connectivity index (χ1) is 8.58. The van der Waals surface area contributed by atoms with Crippen LogP contribution in [0.3, 0.4) is 0 Å². The fraction of sp³-hybridized carbons (Fsp3) is 0.455. The third kappa shape index (κ3) is 3.28. The highest BCUT2D eigenvalue weighted by Crippen LogP contribution is 2.25. The van der Waals surface area contributed by atoms with Gasteiger partial charge in [0.15, 0.2) is 0 Å². The van der Waals surface area contributed by atoms with Crippen LogP contribution in [0.1, 0.15) is 5.56 Å². The average molecular weight is 379 g/mol. The molecular formula is C11H13Br2N3O2. The molecule has 7 heteroatoms. The number of rotatable bonds is 3. The maximum atomic E-state index is 11.1. The summed E-state index contributed by atoms with van der Waals surface area (Å²) in [6.45, 7) is 2.55. The Kier molecular flexibility index (Phi) is 4.71. The summed E-state index contributed by atoms with van der Waals surface area (Å²) in [6.07, 6.45) is 3.00. The molecule has 18 heavy (non-hydrogen) atoms. The highest BCUT2D eigenvalue weighted by Gasteiger charge is 2.25. The average Bonchev–Trinajstić information content (AvgIpc) is 2.34. The van der Waals surface area contributed by atoms with Crippen LogP contribution in [0.2, 0.25) is 0 Å². The van der Waals surface area contributed by atoms with Gasteiger partial charge in [0.2, 0.25) is 5.91 Å². The van der Waals surface area contributed by atoms with Crippen molar-refractivity contribution in [3.8, 4) is 0 Å². The largest absolute Gasteiger partial charge is 0.367 e. The van der Waals surface area contributed by atoms with Gasteiger partial charge in [0.1, 0.15) is 6.10 Å². The molecule has 1 saturated heterocycles. The molecule has 0 unspecified atom stereocenters. The van der Waals surface area contributed by atoms with Gasteiger partial charge in [0.05, 0.1) is 6.61 Å². The van der Waals surface area contributed by atoms with Gasteiger partial charge in [-0.15, -0.1) is 0 Å². The zero-order valence-corrected chi connectivity index (χ0v) is 12.8. The molecule has 1 amide bonds. The molecule has 0 saturated carbocycles. The lowest BCUT2D eigenvalue weighted by Crippen LogP contribution is -2.48. The predicted molar refractivity (Wildman–Crippen MR) is 73.8 cm³/mol. The van der Waals surface area contributed by atoms with Crippen molar-refractivity contribution in [1.29, 1.82) is 0 Å². The van der Waals surface area contributed by atoms with Crippen LogP contribution < -0.4 is 5.73 Å². The number of nitrogens with zero attached hydrogens (tertiary/aromatic N) is 2. The fourth-order valence-electron chi connectivity index (χ4n) is 1.83. The molecule has 1 aromatic heterocycles. The van der Waals surface area contributed by atoms with Crippen molar-refractivity contribution in [2.75, 3.05) is 19.7 Å². The lowest BCUT2D eigenvalue weighted by Gasteiger charge is -2.31. The van der Waals surface area contributed by atoms with Crippen LogP contribution >= 0.6 is 31.9 Å². The van der Waals surface area contributed by atoms with E-state index in [1.54, 1.807) is 12.4 Å². The Morgan fingerprint density at radius 1 is 1.50 bits per heavy atom. The van der Waals surface area contributed by atoms with E-state index in [1.165, 1.54) is 0 Å². The first kappa shape index (κ1) is 13.9. The third-order valence-electron chi connectivity index (χ3n) is 2.80. The molecule has 2 rings (SSSR count). The van der Waals surface area contributed by atoms with Gasteiger partial charge in [0.25, 0.3) is 0 Å². The van der Waals surface area contributed by atoms with E-state index in [-0.39, 0.29) is 0 Å². The van der Waals surface area contributed by atoms with E-state index < -0.39 is 12.0 Å². The Hall–Kier alpha value is -0.500. The molecule has 0 aliphatic carbocycles. The summed E-state index contributed by atoms with van der Waals surface area (Å²) in [6, 6.07) is 0. The monoisotopic (exact) mass is 377 g/mol. The Bertz CT molecular complexity index is 436. The summed E-state index contributed by atoms with van der Waals surface area (Å²) in [5.74, 6) is -0.410. The number of carbonyl (C=O) groups is 1. The molecule has 0 radical (unpaired) electrons. The number of morpholine rings is 1. The summed E-state index contributed by atoms with van der Waals surface area (Å²) in [5, 5.41) is 0. The molecule has 0 bridgehead atoms. The van der Waals surface area contributed by atoms with Crippen LogP contribution in [0.4, 0.5) is 0 Å². The molecule has 1 aliphatic rings. The van der Waals surface area contributed by atoms with Crippen molar-refractivity contribution >= 4 is 37.8 Å². The normalized spacial score (nSPS) is 20.9. The smallest absolute Gasteiger partial charge is 0.247 e. The van der Waals surface area contributed by atoms with Crippen LogP contribution in [0.5, 0.6) is 0 Å². The van der Waals surface area contributed by atoms with Gasteiger partial charge in [-0.2, -0.15) is 0 Å². The minimum atomic E-state index is -0.516. The summed E-state index contributed by atoms with van der Waals surface area (Å²) in [4.78, 5) is 17.3. The van der Waals surface area contributed by atoms with Gasteiger partial charge in [-0.05, 0) is 37.4 Å². The molecule has 98 valence electrons. The summed E-state index contributed by atoms with van der Waals surface area (Å²) < 4.78 is 7.20. The van der Waals surface area contributed by atoms with Crippen molar-refractivity contribution in [3.63, 3.8) is 0 Å². The summed E-state index contributed by atoms with van der Waals surface area (Å²) in [7, 11) is 0. The molecule has 1 atom stereocenters. The lowest BCUT2D eigenvalue weighted by atomic mass is 10.2. The number of halogens is 2. The molecule has 2 heterocycles. The van der Waals surface area contributed by atoms with Crippen LogP contribution in [-0.4, -0.2) is 41.6 Å². The zero-order chi connectivity index (χ0) is 13.1. The second kappa shape index (κ2) is 6.10. The number of pyridine rings is 1. The molecule has 1 aliphatic heterocycles. The number of amides is 1. The maximum Gasteiger partial charge on any atom is 0.247 e. The lowest BCUT2D eigenvalue weighted by molar-refractivity contribution is -0.135. The fourth-order valence-corrected chi connectivity index (χ4v) is 3.01. The molecule has 2 N–H and O–H groups in total. The Morgan fingerprint density at radius 2 is 2.17 bits per heavy atom. The molecule has 0 spiro atoms. The molecule has 5 nitrogen and oxygen atoms in total. The van der Waals surface area contributed by atoms with Crippen molar-refractivity contribution < 1.29 is 9.53 Å². The van der Waals surface area contributed by atoms with Gasteiger partial charge in [-0.1, -0.05) is 0 Å². The Labute approximate surface area is 122 Å². The van der Waals surface area contributed by atoms with Crippen molar-refractivity contribution in [2.45, 2.75) is 12.6 Å². The number of ether oxygens (including phenoxy) is 1. The van der Waals surface area contributed by atoms with Crippen LogP contribution in [-0.2, 0) is 16.1 Å². The topological polar surface area (TPSA) is 68.5 Å². The van der Waals surface area contributed by atoms with E-state index in [1.807, 2.05) is 0 Å². The van der Waals surface area contributed by atoms with E-state index in [4.69, 9.17) is 10.5 Å². The highest BCUT2D eigenvalue weighted by atomic mass is 79.9. The Balaban J connectivity index is 2.07. The number of nitrogens with two attached hydrogens (primary N) is 1. The van der Waals surface area contributed by atoms with E-state index >= 15 is 0 Å². The first-order valence-corrected chi connectivity index (χ1v) is 7.07. The number of aromatic nitrogens is 1. The van der Waals surface area contributed by atoms with E-state index in [9.17, 15) is 4.79 Å². The highest BCUT2D eigenvalue weighted by molar-refractivity contribution is 9.11. The van der Waals surface area contributed by atoms with E-state index in [0.717, 1.165) is 27.6 Å². The predicted octanol–water partition coefficient (Wildman–Crippen LogP) is 1.29. The number of hydrogen-bond acceptors (Lipinski definition) is 4. The van der Waals surface area contributed by atoms with Gasteiger partial charge in [-0.3, -0.25) is 14.7 Å². The molecular weight excluding hydrogens is 366 g/mol. The van der Waals surface area contributed by atoms with Gasteiger partial charge in [-0.25, -0.2) is 0 Å². The van der Waals surface area contributed by atoms with Crippen LogP contribution in [0.15, 0.2) is 21.3 Å². The molecule has 0 aromatic carbocycles. The first-order valence-electron chi connectivity index (χ1n) is 5.49. The van der Waals surface area contributed by atoms with Gasteiger partial charge < -0.3 is 10.5 Å². The minimum absolute atomic E-state index is 0.410. The van der Waals surface area contributed by atoms with Crippen LogP contribution in [0, 0.1) is 0 Å². The van der Waals surface area contributed by atoms with Crippen molar-refractivity contribution in [2.24, 2.45) is 5.73 Å². The summed E-state index contributed by atoms with van der Waals surface area (Å²) >= 11 is 6.95. The number of primary amides is 1. The van der Waals surface area contributed by atoms with Gasteiger partial charge >= 0.3 is 0 Å². The van der Waals surface area contributed by atoms with Crippen molar-refractivity contribution in [3.05, 3.63) is 26.9 Å². The van der Waals surface area contributed by atoms with E-state index in [2.05, 4.69) is 41.7 Å². The minimum Gasteiger partial charge on any atom is -0.367 e. The quantitative estimate of drug-likeness (QED) is 0.860. The number of hydrogen-bond donors (Lipinski definition) is 1. The standard InChI is InChI=1S/C11H13Br2N3O2/c12-8-3-15-4-9(13)7(8)5-16-1-2-18-10(6-16)11(14)17/h3-4,10H,1-2,5-6H2,(H2,14,17)/t10-/m1/s1. The summed E-state index contributed by atoms with van der Waals surface area (Å²) in [5.41, 5.74) is 6.37. The van der Waals surface area contributed by atoms with Crippen LogP contribution in [0.25, 0.3) is 0 Å². The van der Waals surface area contributed by atoms with E-state index in [0.29, 0.717) is 13.2 Å². The second-order valence-electron chi connectivity index (χ2n) is 4.08. The second-order valence-corrected chi connectivity index (χ2v) is 5.79. The molecule has 1 aromatic rings. The van der Waals surface area contributed by atoms with Crippen molar-refractivity contribution in [1.82, 2.24) is 9.88 Å². The Morgan fingerprint density at radius 3 is 2.78 bits per heavy atom. The molecule has 1 fully saturated rings.